The predicted octanol–water partition coefficient (Wildman–Crippen LogP) is 4.72. The molecule has 0 radical (unpaired) electrons. The smallest absolute Gasteiger partial charge is 0.305 e. The lowest BCUT2D eigenvalue weighted by Crippen LogP contribution is -2.59. The van der Waals surface area contributed by atoms with E-state index in [-0.39, 0.29) is 34.6 Å². The van der Waals surface area contributed by atoms with Crippen molar-refractivity contribution in [3.05, 3.63) is 0 Å². The standard InChI is InChI=1S/C25H39FO4/c1-14(5-8-22(29)30-4)16-6-7-17-23-18(9-10-24(16,17)2)25(3)13-19(26)20(27)11-15(25)12-21(23)28/h14-20,23,27H,5-13H2,1-4H3/t14-,15+,16-,17+,18+,19-,20-,23+,24-,25+/m1/s1. The third kappa shape index (κ3) is 3.34. The number of alkyl halides is 1. The van der Waals surface area contributed by atoms with Gasteiger partial charge in [0.1, 0.15) is 12.0 Å². The normalized spacial score (nSPS) is 49.0. The van der Waals surface area contributed by atoms with Gasteiger partial charge < -0.3 is 9.84 Å². The summed E-state index contributed by atoms with van der Waals surface area (Å²) in [5.41, 5.74) is -0.0496. The Labute approximate surface area is 180 Å². The zero-order valence-corrected chi connectivity index (χ0v) is 19.0. The van der Waals surface area contributed by atoms with Crippen LogP contribution in [0.2, 0.25) is 0 Å². The topological polar surface area (TPSA) is 63.6 Å². The van der Waals surface area contributed by atoms with Crippen molar-refractivity contribution in [3.8, 4) is 0 Å². The minimum absolute atomic E-state index is 0.0465. The van der Waals surface area contributed by atoms with E-state index >= 15 is 0 Å². The minimum atomic E-state index is -1.16. The second-order valence-electron chi connectivity index (χ2n) is 11.5. The minimum Gasteiger partial charge on any atom is -0.469 e. The van der Waals surface area contributed by atoms with Gasteiger partial charge in [-0.05, 0) is 85.4 Å². The number of rotatable bonds is 4. The molecule has 4 aliphatic rings. The van der Waals surface area contributed by atoms with Crippen molar-refractivity contribution in [1.29, 1.82) is 0 Å². The van der Waals surface area contributed by atoms with Crippen molar-refractivity contribution in [1.82, 2.24) is 0 Å². The van der Waals surface area contributed by atoms with Crippen LogP contribution in [0.25, 0.3) is 0 Å². The summed E-state index contributed by atoms with van der Waals surface area (Å²) in [6, 6.07) is 0. The Bertz CT molecular complexity index is 695. The van der Waals surface area contributed by atoms with Gasteiger partial charge in [-0.1, -0.05) is 20.8 Å². The summed E-state index contributed by atoms with van der Waals surface area (Å²) in [5.74, 6) is 1.96. The maximum absolute atomic E-state index is 14.6. The van der Waals surface area contributed by atoms with Gasteiger partial charge in [-0.2, -0.15) is 0 Å². The van der Waals surface area contributed by atoms with E-state index in [1.54, 1.807) is 0 Å². The monoisotopic (exact) mass is 422 g/mol. The SMILES string of the molecule is COC(=O)CC[C@@H](C)[C@H]1CC[C@H]2[C@@H]3C(=O)C[C@@H]4C[C@@H](O)[C@H](F)C[C@]4(C)[C@H]3CC[C@]12C. The Balaban J connectivity index is 1.55. The molecular weight excluding hydrogens is 383 g/mol. The molecular formula is C25H39FO4. The average Bonchev–Trinajstić information content (AvgIpc) is 3.05. The van der Waals surface area contributed by atoms with E-state index in [1.807, 2.05) is 0 Å². The molecule has 0 heterocycles. The molecule has 0 unspecified atom stereocenters. The molecule has 1 N–H and O–H groups in total. The van der Waals surface area contributed by atoms with Crippen molar-refractivity contribution in [2.24, 2.45) is 46.3 Å². The molecule has 0 bridgehead atoms. The number of aliphatic hydroxyl groups excluding tert-OH is 1. The first-order valence-electron chi connectivity index (χ1n) is 12.0. The largest absolute Gasteiger partial charge is 0.469 e. The molecule has 0 aromatic heterocycles. The third-order valence-corrected chi connectivity index (χ3v) is 10.2. The maximum Gasteiger partial charge on any atom is 0.305 e. The fraction of sp³-hybridized carbons (Fsp3) is 0.920. The molecule has 10 atom stereocenters. The van der Waals surface area contributed by atoms with E-state index in [2.05, 4.69) is 20.8 Å². The Hall–Kier alpha value is -0.970. The fourth-order valence-electron chi connectivity index (χ4n) is 8.53. The molecule has 0 amide bonds. The summed E-state index contributed by atoms with van der Waals surface area (Å²) in [4.78, 5) is 25.0. The highest BCUT2D eigenvalue weighted by Crippen LogP contribution is 2.67. The van der Waals surface area contributed by atoms with Gasteiger partial charge in [-0.25, -0.2) is 4.39 Å². The molecule has 0 aliphatic heterocycles. The molecule has 0 aromatic rings. The highest BCUT2D eigenvalue weighted by molar-refractivity contribution is 5.83. The van der Waals surface area contributed by atoms with Crippen LogP contribution in [0, 0.1) is 46.3 Å². The molecule has 4 saturated carbocycles. The van der Waals surface area contributed by atoms with Gasteiger partial charge in [0.05, 0.1) is 13.2 Å². The van der Waals surface area contributed by atoms with Gasteiger partial charge in [0.2, 0.25) is 0 Å². The summed E-state index contributed by atoms with van der Waals surface area (Å²) < 4.78 is 19.4. The molecule has 170 valence electrons. The van der Waals surface area contributed by atoms with E-state index in [0.717, 1.165) is 32.1 Å². The van der Waals surface area contributed by atoms with Crippen LogP contribution in [-0.4, -0.2) is 36.2 Å². The van der Waals surface area contributed by atoms with Crippen LogP contribution in [0.15, 0.2) is 0 Å². The molecule has 4 nitrogen and oxygen atoms in total. The molecule has 0 saturated heterocycles. The predicted molar refractivity (Wildman–Crippen MR) is 112 cm³/mol. The van der Waals surface area contributed by atoms with Crippen LogP contribution < -0.4 is 0 Å². The van der Waals surface area contributed by atoms with Crippen molar-refractivity contribution in [3.63, 3.8) is 0 Å². The van der Waals surface area contributed by atoms with Gasteiger partial charge in [-0.15, -0.1) is 0 Å². The number of fused-ring (bicyclic) bond motifs is 5. The van der Waals surface area contributed by atoms with Crippen LogP contribution in [0.4, 0.5) is 4.39 Å². The zero-order chi connectivity index (χ0) is 21.8. The lowest BCUT2D eigenvalue weighted by atomic mass is 9.44. The van der Waals surface area contributed by atoms with Crippen molar-refractivity contribution in [2.75, 3.05) is 7.11 Å². The number of carbonyl (C=O) groups is 2. The average molecular weight is 423 g/mol. The van der Waals surface area contributed by atoms with E-state index in [4.69, 9.17) is 4.74 Å². The van der Waals surface area contributed by atoms with Gasteiger partial charge in [0, 0.05) is 18.8 Å². The Morgan fingerprint density at radius 3 is 2.63 bits per heavy atom. The number of Topliss-reactive ketones (excluding diaryl/α,β-unsaturated/α-hetero) is 1. The van der Waals surface area contributed by atoms with Crippen LogP contribution in [0.3, 0.4) is 0 Å². The number of hydrogen-bond acceptors (Lipinski definition) is 4. The number of carbonyl (C=O) groups excluding carboxylic acids is 2. The molecule has 4 rings (SSSR count). The molecule has 0 spiro atoms. The van der Waals surface area contributed by atoms with Gasteiger partial charge >= 0.3 is 5.97 Å². The first-order valence-corrected chi connectivity index (χ1v) is 12.0. The maximum atomic E-state index is 14.6. The first kappa shape index (κ1) is 22.2. The van der Waals surface area contributed by atoms with Gasteiger partial charge in [-0.3, -0.25) is 9.59 Å². The second-order valence-corrected chi connectivity index (χ2v) is 11.5. The zero-order valence-electron chi connectivity index (χ0n) is 19.0. The lowest BCUT2D eigenvalue weighted by Gasteiger charge is -2.60. The van der Waals surface area contributed by atoms with Crippen LogP contribution in [0.1, 0.15) is 78.6 Å². The van der Waals surface area contributed by atoms with Gasteiger partial charge in [0.25, 0.3) is 0 Å². The van der Waals surface area contributed by atoms with Crippen LogP contribution >= 0.6 is 0 Å². The molecule has 4 aliphatic carbocycles. The van der Waals surface area contributed by atoms with Crippen molar-refractivity contribution in [2.45, 2.75) is 90.8 Å². The van der Waals surface area contributed by atoms with E-state index in [9.17, 15) is 19.1 Å². The van der Waals surface area contributed by atoms with Crippen molar-refractivity contribution < 1.29 is 23.8 Å². The molecule has 4 fully saturated rings. The first-order chi connectivity index (χ1) is 14.1. The number of halogens is 1. The fourth-order valence-corrected chi connectivity index (χ4v) is 8.53. The summed E-state index contributed by atoms with van der Waals surface area (Å²) in [6.07, 6.45) is 4.82. The molecule has 0 aromatic carbocycles. The van der Waals surface area contributed by atoms with E-state index < -0.39 is 12.3 Å². The number of ketones is 1. The number of ether oxygens (including phenoxy) is 1. The highest BCUT2D eigenvalue weighted by atomic mass is 19.1. The van der Waals surface area contributed by atoms with Gasteiger partial charge in [0.15, 0.2) is 0 Å². The number of methoxy groups -OCH3 is 1. The number of esters is 1. The quantitative estimate of drug-likeness (QED) is 0.666. The third-order valence-electron chi connectivity index (χ3n) is 10.2. The van der Waals surface area contributed by atoms with Crippen LogP contribution in [0.5, 0.6) is 0 Å². The summed E-state index contributed by atoms with van der Waals surface area (Å²) >= 11 is 0. The Morgan fingerprint density at radius 2 is 1.93 bits per heavy atom. The second kappa shape index (κ2) is 7.86. The van der Waals surface area contributed by atoms with Crippen molar-refractivity contribution >= 4 is 11.8 Å². The number of aliphatic hydroxyl groups is 1. The van der Waals surface area contributed by atoms with E-state index in [0.29, 0.717) is 49.2 Å². The summed E-state index contributed by atoms with van der Waals surface area (Å²) in [6.45, 7) is 6.84. The highest BCUT2D eigenvalue weighted by Gasteiger charge is 2.63. The number of hydrogen-bond donors (Lipinski definition) is 1. The summed E-state index contributed by atoms with van der Waals surface area (Å²) in [5, 5.41) is 10.1. The molecule has 30 heavy (non-hydrogen) atoms. The molecule has 5 heteroatoms. The lowest BCUT2D eigenvalue weighted by molar-refractivity contribution is -0.167. The Kier molecular flexibility index (Phi) is 5.83. The van der Waals surface area contributed by atoms with Crippen LogP contribution in [-0.2, 0) is 14.3 Å². The summed E-state index contributed by atoms with van der Waals surface area (Å²) in [7, 11) is 1.44. The van der Waals surface area contributed by atoms with E-state index in [1.165, 1.54) is 7.11 Å². The Morgan fingerprint density at radius 1 is 1.23 bits per heavy atom.